The zero-order valence-corrected chi connectivity index (χ0v) is 13.4. The van der Waals surface area contributed by atoms with Crippen LogP contribution in [0.15, 0.2) is 12.4 Å². The first-order chi connectivity index (χ1) is 9.30. The van der Waals surface area contributed by atoms with Gasteiger partial charge in [0, 0.05) is 24.4 Å². The predicted molar refractivity (Wildman–Crippen MR) is 79.6 cm³/mol. The van der Waals surface area contributed by atoms with Crippen LogP contribution in [-0.2, 0) is 16.1 Å². The smallest absolute Gasteiger partial charge is 0.327 e. The highest BCUT2D eigenvalue weighted by Crippen LogP contribution is 2.17. The first kappa shape index (κ1) is 16.7. The number of rotatable bonds is 7. The van der Waals surface area contributed by atoms with Crippen molar-refractivity contribution in [1.82, 2.24) is 14.9 Å². The zero-order valence-electron chi connectivity index (χ0n) is 13.4. The molecule has 1 aromatic heterocycles. The number of hydrogen-bond donors (Lipinski definition) is 1. The second kappa shape index (κ2) is 6.88. The number of carbonyl (C=O) groups excluding carboxylic acids is 1. The Kier molecular flexibility index (Phi) is 5.74. The molecule has 0 aliphatic rings. The van der Waals surface area contributed by atoms with Crippen molar-refractivity contribution in [3.63, 3.8) is 0 Å². The van der Waals surface area contributed by atoms with Gasteiger partial charge in [-0.3, -0.25) is 5.32 Å². The predicted octanol–water partition coefficient (Wildman–Crippen LogP) is 2.33. The summed E-state index contributed by atoms with van der Waals surface area (Å²) in [5.74, 6) is 1.07. The number of nitrogens with zero attached hydrogens (tertiary/aromatic N) is 2. The lowest BCUT2D eigenvalue weighted by molar-refractivity contribution is -0.151. The number of aromatic nitrogens is 2. The van der Waals surface area contributed by atoms with Gasteiger partial charge in [0.2, 0.25) is 0 Å². The van der Waals surface area contributed by atoms with Gasteiger partial charge in [-0.25, -0.2) is 9.78 Å². The summed E-state index contributed by atoms with van der Waals surface area (Å²) in [7, 11) is 0. The molecule has 0 fully saturated rings. The molecule has 114 valence electrons. The largest absolute Gasteiger partial charge is 0.465 e. The minimum atomic E-state index is -0.755. The fraction of sp³-hybridized carbons (Fsp3) is 0.733. The van der Waals surface area contributed by atoms with Crippen LogP contribution in [0.3, 0.4) is 0 Å². The van der Waals surface area contributed by atoms with Gasteiger partial charge in [0.1, 0.15) is 11.4 Å². The van der Waals surface area contributed by atoms with E-state index in [1.807, 2.05) is 38.5 Å². The molecule has 1 atom stereocenters. The quantitative estimate of drug-likeness (QED) is 0.779. The van der Waals surface area contributed by atoms with Crippen LogP contribution in [-0.4, -0.2) is 33.7 Å². The molecule has 1 N–H and O–H groups in total. The van der Waals surface area contributed by atoms with E-state index in [0.717, 1.165) is 5.82 Å². The Morgan fingerprint density at radius 1 is 1.45 bits per heavy atom. The third kappa shape index (κ3) is 4.07. The Morgan fingerprint density at radius 3 is 2.60 bits per heavy atom. The monoisotopic (exact) mass is 281 g/mol. The molecule has 0 radical (unpaired) electrons. The average Bonchev–Trinajstić information content (AvgIpc) is 2.76. The number of nitrogens with one attached hydrogen (secondary N) is 1. The van der Waals surface area contributed by atoms with Crippen molar-refractivity contribution >= 4 is 5.97 Å². The van der Waals surface area contributed by atoms with Crippen LogP contribution < -0.4 is 5.32 Å². The van der Waals surface area contributed by atoms with Crippen LogP contribution in [0.4, 0.5) is 0 Å². The molecule has 0 aliphatic carbocycles. The summed E-state index contributed by atoms with van der Waals surface area (Å²) < 4.78 is 7.25. The van der Waals surface area contributed by atoms with E-state index in [-0.39, 0.29) is 12.0 Å². The van der Waals surface area contributed by atoms with Crippen molar-refractivity contribution in [2.75, 3.05) is 6.61 Å². The number of hydrogen-bond acceptors (Lipinski definition) is 4. The molecular weight excluding hydrogens is 254 g/mol. The third-order valence-electron chi connectivity index (χ3n) is 3.08. The number of ether oxygens (including phenoxy) is 1. The number of esters is 1. The molecule has 0 spiro atoms. The molecular formula is C15H27N3O2. The van der Waals surface area contributed by atoms with Gasteiger partial charge in [-0.1, -0.05) is 13.8 Å². The average molecular weight is 281 g/mol. The van der Waals surface area contributed by atoms with Gasteiger partial charge in [0.05, 0.1) is 13.2 Å². The van der Waals surface area contributed by atoms with Crippen LogP contribution in [0, 0.1) is 0 Å². The third-order valence-corrected chi connectivity index (χ3v) is 3.08. The molecule has 20 heavy (non-hydrogen) atoms. The highest BCUT2D eigenvalue weighted by molar-refractivity contribution is 5.80. The van der Waals surface area contributed by atoms with E-state index in [4.69, 9.17) is 4.74 Å². The van der Waals surface area contributed by atoms with Crippen molar-refractivity contribution in [3.8, 4) is 0 Å². The normalized spacial score (nSPS) is 14.6. The van der Waals surface area contributed by atoms with Gasteiger partial charge >= 0.3 is 5.97 Å². The maximum absolute atomic E-state index is 12.3. The summed E-state index contributed by atoms with van der Waals surface area (Å²) in [5, 5.41) is 3.32. The summed E-state index contributed by atoms with van der Waals surface area (Å²) in [6.07, 6.45) is 3.69. The standard InChI is InChI=1S/C15H27N3O2/c1-7-20-14(19)15(6,17-12(4)5)10-18-9-8-16-13(18)11(2)3/h8-9,11-12,17H,7,10H2,1-6H3. The van der Waals surface area contributed by atoms with Crippen molar-refractivity contribution in [2.45, 2.75) is 65.6 Å². The van der Waals surface area contributed by atoms with Gasteiger partial charge < -0.3 is 9.30 Å². The fourth-order valence-electron chi connectivity index (χ4n) is 2.39. The molecule has 1 heterocycles. The topological polar surface area (TPSA) is 56.2 Å². The van der Waals surface area contributed by atoms with Crippen LogP contribution in [0.25, 0.3) is 0 Å². The van der Waals surface area contributed by atoms with E-state index in [2.05, 4.69) is 24.1 Å². The van der Waals surface area contributed by atoms with Crippen molar-refractivity contribution in [3.05, 3.63) is 18.2 Å². The molecule has 0 saturated heterocycles. The Hall–Kier alpha value is -1.36. The Morgan fingerprint density at radius 2 is 2.10 bits per heavy atom. The molecule has 0 aromatic carbocycles. The molecule has 1 rings (SSSR count). The van der Waals surface area contributed by atoms with Crippen molar-refractivity contribution < 1.29 is 9.53 Å². The minimum Gasteiger partial charge on any atom is -0.465 e. The lowest BCUT2D eigenvalue weighted by Crippen LogP contribution is -2.56. The Bertz CT molecular complexity index is 440. The van der Waals surface area contributed by atoms with Gasteiger partial charge in [0.15, 0.2) is 0 Å². The Labute approximate surface area is 121 Å². The maximum atomic E-state index is 12.3. The Balaban J connectivity index is 3.00. The molecule has 1 unspecified atom stereocenters. The number of carbonyl (C=O) groups is 1. The minimum absolute atomic E-state index is 0.190. The van der Waals surface area contributed by atoms with Gasteiger partial charge in [0.25, 0.3) is 0 Å². The summed E-state index contributed by atoms with van der Waals surface area (Å²) in [6.45, 7) is 12.8. The van der Waals surface area contributed by atoms with Crippen molar-refractivity contribution in [1.29, 1.82) is 0 Å². The summed E-state index contributed by atoms with van der Waals surface area (Å²) in [5.41, 5.74) is -0.755. The van der Waals surface area contributed by atoms with Gasteiger partial charge in [-0.05, 0) is 27.7 Å². The summed E-state index contributed by atoms with van der Waals surface area (Å²) >= 11 is 0. The first-order valence-corrected chi connectivity index (χ1v) is 7.26. The highest BCUT2D eigenvalue weighted by atomic mass is 16.5. The van der Waals surface area contributed by atoms with Crippen LogP contribution in [0.5, 0.6) is 0 Å². The van der Waals surface area contributed by atoms with Crippen LogP contribution in [0.1, 0.15) is 53.3 Å². The molecule has 1 aromatic rings. The van der Waals surface area contributed by atoms with E-state index in [0.29, 0.717) is 19.1 Å². The second-order valence-electron chi connectivity index (χ2n) is 5.92. The first-order valence-electron chi connectivity index (χ1n) is 7.26. The molecule has 0 saturated carbocycles. The SMILES string of the molecule is CCOC(=O)C(C)(Cn1ccnc1C(C)C)NC(C)C. The van der Waals surface area contributed by atoms with Crippen LogP contribution >= 0.6 is 0 Å². The molecule has 0 amide bonds. The van der Waals surface area contributed by atoms with Gasteiger partial charge in [-0.2, -0.15) is 0 Å². The molecule has 0 aliphatic heterocycles. The van der Waals surface area contributed by atoms with E-state index in [1.165, 1.54) is 0 Å². The van der Waals surface area contributed by atoms with E-state index in [1.54, 1.807) is 6.20 Å². The van der Waals surface area contributed by atoms with Gasteiger partial charge in [-0.15, -0.1) is 0 Å². The fourth-order valence-corrected chi connectivity index (χ4v) is 2.39. The van der Waals surface area contributed by atoms with Crippen molar-refractivity contribution in [2.24, 2.45) is 0 Å². The second-order valence-corrected chi connectivity index (χ2v) is 5.92. The van der Waals surface area contributed by atoms with E-state index < -0.39 is 5.54 Å². The maximum Gasteiger partial charge on any atom is 0.327 e. The summed E-state index contributed by atoms with van der Waals surface area (Å²) in [4.78, 5) is 16.7. The van der Waals surface area contributed by atoms with E-state index >= 15 is 0 Å². The lowest BCUT2D eigenvalue weighted by atomic mass is 10.0. The number of imidazole rings is 1. The zero-order chi connectivity index (χ0) is 15.3. The molecule has 0 bridgehead atoms. The van der Waals surface area contributed by atoms with Crippen LogP contribution in [0.2, 0.25) is 0 Å². The lowest BCUT2D eigenvalue weighted by Gasteiger charge is -2.31. The summed E-state index contributed by atoms with van der Waals surface area (Å²) in [6, 6.07) is 0.190. The highest BCUT2D eigenvalue weighted by Gasteiger charge is 2.36. The van der Waals surface area contributed by atoms with E-state index in [9.17, 15) is 4.79 Å². The molecule has 5 nitrogen and oxygen atoms in total. The molecule has 5 heteroatoms.